The van der Waals surface area contributed by atoms with E-state index in [1.807, 2.05) is 20.8 Å². The summed E-state index contributed by atoms with van der Waals surface area (Å²) in [5.41, 5.74) is 2.43. The zero-order valence-electron chi connectivity index (χ0n) is 12.3. The molecule has 0 fully saturated rings. The first-order valence-electron chi connectivity index (χ1n) is 6.57. The highest BCUT2D eigenvalue weighted by Gasteiger charge is 2.20. The van der Waals surface area contributed by atoms with Crippen LogP contribution in [0, 0.1) is 12.3 Å². The van der Waals surface area contributed by atoms with E-state index < -0.39 is 0 Å². The second-order valence-corrected chi connectivity index (χ2v) is 6.09. The Balaban J connectivity index is 2.46. The van der Waals surface area contributed by atoms with Crippen LogP contribution in [0.3, 0.4) is 0 Å². The normalized spacial score (nSPS) is 11.9. The lowest BCUT2D eigenvalue weighted by Crippen LogP contribution is -2.27. The van der Waals surface area contributed by atoms with Crippen molar-refractivity contribution in [3.05, 3.63) is 35.4 Å². The fourth-order valence-electron chi connectivity index (χ4n) is 1.82. The third-order valence-electron chi connectivity index (χ3n) is 3.26. The topological polar surface area (TPSA) is 20.3 Å². The van der Waals surface area contributed by atoms with Gasteiger partial charge in [0.1, 0.15) is 5.78 Å². The lowest BCUT2D eigenvalue weighted by molar-refractivity contribution is -0.126. The third kappa shape index (κ3) is 4.61. The van der Waals surface area contributed by atoms with E-state index in [1.165, 1.54) is 11.1 Å². The summed E-state index contributed by atoms with van der Waals surface area (Å²) >= 11 is 0. The number of ketones is 1. The van der Waals surface area contributed by atoms with Crippen LogP contribution in [0.4, 0.5) is 0 Å². The molecule has 0 spiro atoms. The van der Waals surface area contributed by atoms with E-state index in [0.717, 1.165) is 13.1 Å². The molecule has 0 bridgehead atoms. The fraction of sp³-hybridized carbons (Fsp3) is 0.562. The van der Waals surface area contributed by atoms with Crippen LogP contribution in [0.15, 0.2) is 24.3 Å². The maximum atomic E-state index is 11.9. The molecule has 18 heavy (non-hydrogen) atoms. The largest absolute Gasteiger partial charge is 0.302 e. The quantitative estimate of drug-likeness (QED) is 0.794. The number of benzene rings is 1. The lowest BCUT2D eigenvalue weighted by Gasteiger charge is -2.21. The van der Waals surface area contributed by atoms with E-state index in [9.17, 15) is 4.79 Å². The van der Waals surface area contributed by atoms with E-state index in [2.05, 4.69) is 43.1 Å². The first-order valence-corrected chi connectivity index (χ1v) is 6.57. The van der Waals surface area contributed by atoms with Gasteiger partial charge in [0.25, 0.3) is 0 Å². The first kappa shape index (κ1) is 14.9. The van der Waals surface area contributed by atoms with Gasteiger partial charge < -0.3 is 4.90 Å². The standard InChI is InChI=1S/C16H25NO/c1-13-8-6-7-9-14(13)12-17(5)11-10-15(18)16(2,3)4/h6-9H,10-12H2,1-5H3. The zero-order valence-corrected chi connectivity index (χ0v) is 12.3. The van der Waals surface area contributed by atoms with Crippen molar-refractivity contribution in [2.75, 3.05) is 13.6 Å². The van der Waals surface area contributed by atoms with Crippen LogP contribution in [-0.4, -0.2) is 24.3 Å². The Bertz CT molecular complexity index is 404. The molecule has 1 aromatic rings. The maximum Gasteiger partial charge on any atom is 0.139 e. The van der Waals surface area contributed by atoms with Crippen molar-refractivity contribution < 1.29 is 4.79 Å². The molecule has 0 aliphatic rings. The van der Waals surface area contributed by atoms with Crippen molar-refractivity contribution in [3.63, 3.8) is 0 Å². The van der Waals surface area contributed by atoms with Gasteiger partial charge in [0.05, 0.1) is 0 Å². The molecule has 0 aromatic heterocycles. The summed E-state index contributed by atoms with van der Waals surface area (Å²) in [5.74, 6) is 0.333. The molecule has 0 saturated heterocycles. The number of carbonyl (C=O) groups is 1. The summed E-state index contributed by atoms with van der Waals surface area (Å²) in [6.07, 6.45) is 0.631. The van der Waals surface area contributed by atoms with Crippen LogP contribution in [0.25, 0.3) is 0 Å². The highest BCUT2D eigenvalue weighted by Crippen LogP contribution is 2.17. The van der Waals surface area contributed by atoms with Gasteiger partial charge in [-0.25, -0.2) is 0 Å². The Kier molecular flexibility index (Phi) is 5.09. The molecule has 0 unspecified atom stereocenters. The van der Waals surface area contributed by atoms with Crippen molar-refractivity contribution in [1.82, 2.24) is 4.90 Å². The van der Waals surface area contributed by atoms with Crippen LogP contribution in [0.5, 0.6) is 0 Å². The average Bonchev–Trinajstić information content (AvgIpc) is 2.27. The van der Waals surface area contributed by atoms with Gasteiger partial charge in [0.15, 0.2) is 0 Å². The number of nitrogens with zero attached hydrogens (tertiary/aromatic N) is 1. The Hall–Kier alpha value is -1.15. The molecule has 0 aliphatic carbocycles. The van der Waals surface area contributed by atoms with Gasteiger partial charge in [-0.3, -0.25) is 4.79 Å². The zero-order chi connectivity index (χ0) is 13.8. The van der Waals surface area contributed by atoms with Crippen molar-refractivity contribution in [3.8, 4) is 0 Å². The highest BCUT2D eigenvalue weighted by molar-refractivity contribution is 5.83. The minimum Gasteiger partial charge on any atom is -0.302 e. The molecular weight excluding hydrogens is 222 g/mol. The van der Waals surface area contributed by atoms with Crippen LogP contribution in [-0.2, 0) is 11.3 Å². The maximum absolute atomic E-state index is 11.9. The van der Waals surface area contributed by atoms with Crippen molar-refractivity contribution in [2.24, 2.45) is 5.41 Å². The van der Waals surface area contributed by atoms with Gasteiger partial charge in [-0.15, -0.1) is 0 Å². The lowest BCUT2D eigenvalue weighted by atomic mass is 9.89. The molecule has 0 heterocycles. The Morgan fingerprint density at radius 1 is 1.22 bits per heavy atom. The third-order valence-corrected chi connectivity index (χ3v) is 3.26. The van der Waals surface area contributed by atoms with E-state index in [-0.39, 0.29) is 5.41 Å². The molecule has 100 valence electrons. The monoisotopic (exact) mass is 247 g/mol. The molecule has 0 N–H and O–H groups in total. The molecule has 1 aromatic carbocycles. The predicted molar refractivity (Wildman–Crippen MR) is 76.6 cm³/mol. The molecular formula is C16H25NO. The van der Waals surface area contributed by atoms with Crippen LogP contribution in [0.1, 0.15) is 38.3 Å². The van der Waals surface area contributed by atoms with Gasteiger partial charge >= 0.3 is 0 Å². The summed E-state index contributed by atoms with van der Waals surface area (Å²) in [4.78, 5) is 14.1. The van der Waals surface area contributed by atoms with E-state index in [4.69, 9.17) is 0 Å². The van der Waals surface area contributed by atoms with Crippen LogP contribution >= 0.6 is 0 Å². The number of rotatable bonds is 5. The van der Waals surface area contributed by atoms with Crippen molar-refractivity contribution in [2.45, 2.75) is 40.7 Å². The number of hydrogen-bond donors (Lipinski definition) is 0. The first-order chi connectivity index (χ1) is 8.30. The molecule has 0 radical (unpaired) electrons. The number of hydrogen-bond acceptors (Lipinski definition) is 2. The minimum absolute atomic E-state index is 0.219. The molecule has 2 nitrogen and oxygen atoms in total. The number of aryl methyl sites for hydroxylation is 1. The van der Waals surface area contributed by atoms with E-state index >= 15 is 0 Å². The Morgan fingerprint density at radius 3 is 2.39 bits per heavy atom. The minimum atomic E-state index is -0.219. The highest BCUT2D eigenvalue weighted by atomic mass is 16.1. The number of Topliss-reactive ketones (excluding diaryl/α,β-unsaturated/α-hetero) is 1. The Morgan fingerprint density at radius 2 is 1.83 bits per heavy atom. The summed E-state index contributed by atoms with van der Waals surface area (Å²) < 4.78 is 0. The average molecular weight is 247 g/mol. The molecule has 1 rings (SSSR count). The van der Waals surface area contributed by atoms with Gasteiger partial charge in [0.2, 0.25) is 0 Å². The summed E-state index contributed by atoms with van der Waals surface area (Å²) in [7, 11) is 2.07. The molecule has 0 aliphatic heterocycles. The molecule has 0 atom stereocenters. The van der Waals surface area contributed by atoms with Gasteiger partial charge in [0, 0.05) is 24.9 Å². The Labute approximate surface area is 111 Å². The second-order valence-electron chi connectivity index (χ2n) is 6.09. The van der Waals surface area contributed by atoms with Crippen molar-refractivity contribution in [1.29, 1.82) is 0 Å². The van der Waals surface area contributed by atoms with E-state index in [1.54, 1.807) is 0 Å². The van der Waals surface area contributed by atoms with Gasteiger partial charge in [-0.2, -0.15) is 0 Å². The van der Waals surface area contributed by atoms with Crippen LogP contribution in [0.2, 0.25) is 0 Å². The fourth-order valence-corrected chi connectivity index (χ4v) is 1.82. The SMILES string of the molecule is Cc1ccccc1CN(C)CCC(=O)C(C)(C)C. The second kappa shape index (κ2) is 6.14. The number of carbonyl (C=O) groups excluding carboxylic acids is 1. The smallest absolute Gasteiger partial charge is 0.139 e. The molecule has 0 saturated carbocycles. The predicted octanol–water partition coefficient (Wildman–Crippen LogP) is 3.43. The van der Waals surface area contributed by atoms with Crippen LogP contribution < -0.4 is 0 Å². The molecule has 0 amide bonds. The summed E-state index contributed by atoms with van der Waals surface area (Å²) in [6.45, 7) is 9.81. The van der Waals surface area contributed by atoms with Gasteiger partial charge in [-0.05, 0) is 25.1 Å². The van der Waals surface area contributed by atoms with Crippen molar-refractivity contribution >= 4 is 5.78 Å². The van der Waals surface area contributed by atoms with E-state index in [0.29, 0.717) is 12.2 Å². The summed E-state index contributed by atoms with van der Waals surface area (Å²) in [6, 6.07) is 8.40. The summed E-state index contributed by atoms with van der Waals surface area (Å²) in [5, 5.41) is 0. The molecule has 2 heteroatoms. The van der Waals surface area contributed by atoms with Gasteiger partial charge in [-0.1, -0.05) is 45.0 Å².